The Kier molecular flexibility index (Phi) is 7.34. The van der Waals surface area contributed by atoms with Crippen LogP contribution in [0.5, 0.6) is 11.5 Å². The highest BCUT2D eigenvalue weighted by Gasteiger charge is 2.02. The highest BCUT2D eigenvalue weighted by molar-refractivity contribution is 5.31. The summed E-state index contributed by atoms with van der Waals surface area (Å²) in [6.45, 7) is 8.33. The van der Waals surface area contributed by atoms with Crippen LogP contribution >= 0.6 is 0 Å². The molecular weight excluding hydrogens is 238 g/mol. The average Bonchev–Trinajstić information content (AvgIpc) is 2.42. The predicted octanol–water partition coefficient (Wildman–Crippen LogP) is 3.49. The van der Waals surface area contributed by atoms with Crippen molar-refractivity contribution in [1.29, 1.82) is 0 Å². The molecule has 1 unspecified atom stereocenters. The van der Waals surface area contributed by atoms with Crippen LogP contribution in [0.4, 0.5) is 0 Å². The lowest BCUT2D eigenvalue weighted by Crippen LogP contribution is -2.30. The second-order valence-electron chi connectivity index (χ2n) is 5.35. The van der Waals surface area contributed by atoms with Crippen LogP contribution in [0.1, 0.15) is 33.6 Å². The maximum Gasteiger partial charge on any atom is 0.119 e. The van der Waals surface area contributed by atoms with E-state index in [2.05, 4.69) is 26.1 Å². The minimum absolute atomic E-state index is 0.557. The molecule has 0 heterocycles. The van der Waals surface area contributed by atoms with E-state index in [-0.39, 0.29) is 0 Å². The molecule has 1 N–H and O–H groups in total. The third-order valence-electron chi connectivity index (χ3n) is 3.10. The second kappa shape index (κ2) is 8.81. The van der Waals surface area contributed by atoms with Crippen LogP contribution in [0.15, 0.2) is 24.3 Å². The molecule has 1 aromatic rings. The van der Waals surface area contributed by atoms with E-state index in [0.29, 0.717) is 12.6 Å². The summed E-state index contributed by atoms with van der Waals surface area (Å²) in [7, 11) is 1.67. The number of methoxy groups -OCH3 is 1. The second-order valence-corrected chi connectivity index (χ2v) is 5.35. The Morgan fingerprint density at radius 1 is 1.00 bits per heavy atom. The Morgan fingerprint density at radius 3 is 2.21 bits per heavy atom. The first-order chi connectivity index (χ1) is 9.11. The molecule has 0 radical (unpaired) electrons. The van der Waals surface area contributed by atoms with Gasteiger partial charge in [-0.15, -0.1) is 0 Å². The zero-order chi connectivity index (χ0) is 14.1. The van der Waals surface area contributed by atoms with Crippen LogP contribution in [0.3, 0.4) is 0 Å². The first kappa shape index (κ1) is 15.8. The summed E-state index contributed by atoms with van der Waals surface area (Å²) in [4.78, 5) is 0. The van der Waals surface area contributed by atoms with Crippen molar-refractivity contribution in [3.8, 4) is 11.5 Å². The molecule has 0 bridgehead atoms. The Labute approximate surface area is 117 Å². The van der Waals surface area contributed by atoms with E-state index < -0.39 is 0 Å². The molecule has 3 nitrogen and oxygen atoms in total. The van der Waals surface area contributed by atoms with Crippen molar-refractivity contribution in [1.82, 2.24) is 5.32 Å². The first-order valence-corrected chi connectivity index (χ1v) is 7.12. The van der Waals surface area contributed by atoms with Gasteiger partial charge < -0.3 is 14.8 Å². The fraction of sp³-hybridized carbons (Fsp3) is 0.625. The van der Waals surface area contributed by atoms with E-state index in [0.717, 1.165) is 24.0 Å². The molecular formula is C16H27NO2. The van der Waals surface area contributed by atoms with Crippen LogP contribution in [-0.4, -0.2) is 26.3 Å². The number of hydrogen-bond donors (Lipinski definition) is 1. The largest absolute Gasteiger partial charge is 0.497 e. The molecule has 0 saturated carbocycles. The highest BCUT2D eigenvalue weighted by atomic mass is 16.5. The fourth-order valence-electron chi connectivity index (χ4n) is 1.83. The smallest absolute Gasteiger partial charge is 0.119 e. The van der Waals surface area contributed by atoms with Crippen molar-refractivity contribution in [2.75, 3.05) is 20.3 Å². The summed E-state index contributed by atoms with van der Waals surface area (Å²) < 4.78 is 10.8. The van der Waals surface area contributed by atoms with Crippen LogP contribution in [-0.2, 0) is 0 Å². The van der Waals surface area contributed by atoms with E-state index in [1.54, 1.807) is 7.11 Å². The molecule has 0 spiro atoms. The number of nitrogens with one attached hydrogen (secondary N) is 1. The average molecular weight is 265 g/mol. The molecule has 0 saturated heterocycles. The molecule has 1 rings (SSSR count). The fourth-order valence-corrected chi connectivity index (χ4v) is 1.83. The summed E-state index contributed by atoms with van der Waals surface area (Å²) in [5.41, 5.74) is 0. The van der Waals surface area contributed by atoms with E-state index in [9.17, 15) is 0 Å². The van der Waals surface area contributed by atoms with Crippen molar-refractivity contribution in [2.45, 2.75) is 39.7 Å². The normalized spacial score (nSPS) is 12.5. The van der Waals surface area contributed by atoms with Crippen molar-refractivity contribution in [3.05, 3.63) is 24.3 Å². The lowest BCUT2D eigenvalue weighted by atomic mass is 10.0. The van der Waals surface area contributed by atoms with Crippen LogP contribution < -0.4 is 14.8 Å². The Hall–Kier alpha value is -1.22. The lowest BCUT2D eigenvalue weighted by molar-refractivity contribution is 0.302. The maximum absolute atomic E-state index is 5.66. The van der Waals surface area contributed by atoms with Gasteiger partial charge >= 0.3 is 0 Å². The zero-order valence-electron chi connectivity index (χ0n) is 12.6. The minimum atomic E-state index is 0.557. The number of ether oxygens (including phenoxy) is 2. The lowest BCUT2D eigenvalue weighted by Gasteiger charge is -2.15. The van der Waals surface area contributed by atoms with E-state index in [1.165, 1.54) is 12.8 Å². The topological polar surface area (TPSA) is 30.5 Å². The molecule has 0 amide bonds. The quantitative estimate of drug-likeness (QED) is 0.693. The van der Waals surface area contributed by atoms with Gasteiger partial charge in [-0.05, 0) is 49.9 Å². The summed E-state index contributed by atoms with van der Waals surface area (Å²) >= 11 is 0. The van der Waals surface area contributed by atoms with Gasteiger partial charge in [-0.3, -0.25) is 0 Å². The molecule has 0 aliphatic carbocycles. The Balaban J connectivity index is 2.12. The van der Waals surface area contributed by atoms with Gasteiger partial charge in [0.25, 0.3) is 0 Å². The van der Waals surface area contributed by atoms with E-state index >= 15 is 0 Å². The third kappa shape index (κ3) is 7.06. The summed E-state index contributed by atoms with van der Waals surface area (Å²) in [6.07, 6.45) is 2.49. The predicted molar refractivity (Wildman–Crippen MR) is 80.0 cm³/mol. The zero-order valence-corrected chi connectivity index (χ0v) is 12.6. The van der Waals surface area contributed by atoms with Crippen LogP contribution in [0, 0.1) is 5.92 Å². The Bertz CT molecular complexity index is 335. The number of rotatable bonds is 9. The molecule has 0 aromatic heterocycles. The molecule has 0 aliphatic heterocycles. The highest BCUT2D eigenvalue weighted by Crippen LogP contribution is 2.16. The van der Waals surface area contributed by atoms with Crippen LogP contribution in [0.25, 0.3) is 0 Å². The Morgan fingerprint density at radius 2 is 1.63 bits per heavy atom. The molecule has 1 atom stereocenters. The molecule has 0 fully saturated rings. The summed E-state index contributed by atoms with van der Waals surface area (Å²) in [6, 6.07) is 8.24. The SMILES string of the molecule is COc1ccc(OCCNC(C)CCC(C)C)cc1. The van der Waals surface area contributed by atoms with Gasteiger partial charge in [0, 0.05) is 12.6 Å². The molecule has 0 aliphatic rings. The van der Waals surface area contributed by atoms with Gasteiger partial charge in [-0.1, -0.05) is 13.8 Å². The van der Waals surface area contributed by atoms with Crippen molar-refractivity contribution in [3.63, 3.8) is 0 Å². The maximum atomic E-state index is 5.66. The van der Waals surface area contributed by atoms with Gasteiger partial charge in [-0.25, -0.2) is 0 Å². The van der Waals surface area contributed by atoms with Gasteiger partial charge in [0.1, 0.15) is 18.1 Å². The van der Waals surface area contributed by atoms with Crippen LogP contribution in [0.2, 0.25) is 0 Å². The van der Waals surface area contributed by atoms with Gasteiger partial charge in [0.2, 0.25) is 0 Å². The molecule has 108 valence electrons. The molecule has 1 aromatic carbocycles. The first-order valence-electron chi connectivity index (χ1n) is 7.12. The van der Waals surface area contributed by atoms with Gasteiger partial charge in [-0.2, -0.15) is 0 Å². The molecule has 19 heavy (non-hydrogen) atoms. The van der Waals surface area contributed by atoms with Gasteiger partial charge in [0.05, 0.1) is 7.11 Å². The van der Waals surface area contributed by atoms with E-state index in [4.69, 9.17) is 9.47 Å². The summed E-state index contributed by atoms with van der Waals surface area (Å²) in [5, 5.41) is 3.48. The number of benzene rings is 1. The standard InChI is InChI=1S/C16H27NO2/c1-13(2)5-6-14(3)17-11-12-19-16-9-7-15(18-4)8-10-16/h7-10,13-14,17H,5-6,11-12H2,1-4H3. The van der Waals surface area contributed by atoms with Crippen molar-refractivity contribution >= 4 is 0 Å². The minimum Gasteiger partial charge on any atom is -0.497 e. The monoisotopic (exact) mass is 265 g/mol. The van der Waals surface area contributed by atoms with E-state index in [1.807, 2.05) is 24.3 Å². The number of hydrogen-bond acceptors (Lipinski definition) is 3. The molecule has 3 heteroatoms. The van der Waals surface area contributed by atoms with Gasteiger partial charge in [0.15, 0.2) is 0 Å². The third-order valence-corrected chi connectivity index (χ3v) is 3.10. The summed E-state index contributed by atoms with van der Waals surface area (Å²) in [5.74, 6) is 2.52. The van der Waals surface area contributed by atoms with Crippen molar-refractivity contribution < 1.29 is 9.47 Å². The van der Waals surface area contributed by atoms with Crippen molar-refractivity contribution in [2.24, 2.45) is 5.92 Å².